The molecule has 1 aromatic carbocycles. The molecule has 106 valence electrons. The van der Waals surface area contributed by atoms with Gasteiger partial charge in [-0.15, -0.1) is 0 Å². The second-order valence-corrected chi connectivity index (χ2v) is 4.84. The van der Waals surface area contributed by atoms with E-state index < -0.39 is 0 Å². The number of hydrogen-bond donors (Lipinski definition) is 1. The first-order valence-corrected chi connectivity index (χ1v) is 6.66. The molecule has 0 aliphatic carbocycles. The third kappa shape index (κ3) is 3.93. The molecule has 2 rings (SSSR count). The summed E-state index contributed by atoms with van der Waals surface area (Å²) < 4.78 is 1.85. The monoisotopic (exact) mass is 272 g/mol. The Morgan fingerprint density at radius 1 is 1.30 bits per heavy atom. The molecular weight excluding hydrogens is 252 g/mol. The van der Waals surface area contributed by atoms with Crippen LogP contribution in [0.1, 0.15) is 12.0 Å². The lowest BCUT2D eigenvalue weighted by atomic mass is 10.3. The Morgan fingerprint density at radius 2 is 2.05 bits per heavy atom. The molecule has 0 atom stereocenters. The van der Waals surface area contributed by atoms with Gasteiger partial charge in [0.05, 0.1) is 11.9 Å². The van der Waals surface area contributed by atoms with Crippen LogP contribution in [-0.4, -0.2) is 41.2 Å². The summed E-state index contributed by atoms with van der Waals surface area (Å²) in [5.41, 5.74) is 2.15. The van der Waals surface area contributed by atoms with Crippen molar-refractivity contribution in [1.29, 1.82) is 0 Å². The predicted octanol–water partition coefficient (Wildman–Crippen LogP) is 1.44. The molecule has 0 aliphatic rings. The number of benzene rings is 1. The summed E-state index contributed by atoms with van der Waals surface area (Å²) >= 11 is 0. The van der Waals surface area contributed by atoms with E-state index in [2.05, 4.69) is 10.4 Å². The predicted molar refractivity (Wildman–Crippen MR) is 78.6 cm³/mol. The number of carbonyl (C=O) groups excluding carboxylic acids is 1. The summed E-state index contributed by atoms with van der Waals surface area (Å²) in [6.45, 7) is 1.39. The molecule has 0 saturated heterocycles. The van der Waals surface area contributed by atoms with Crippen LogP contribution >= 0.6 is 0 Å². The fourth-order valence-electron chi connectivity index (χ4n) is 1.82. The van der Waals surface area contributed by atoms with E-state index in [0.29, 0.717) is 19.5 Å². The molecule has 20 heavy (non-hydrogen) atoms. The third-order valence-electron chi connectivity index (χ3n) is 3.00. The molecule has 0 fully saturated rings. The lowest BCUT2D eigenvalue weighted by Crippen LogP contribution is -2.26. The topological polar surface area (TPSA) is 50.2 Å². The van der Waals surface area contributed by atoms with E-state index in [1.165, 1.54) is 0 Å². The Labute approximate surface area is 119 Å². The zero-order valence-corrected chi connectivity index (χ0v) is 11.9. The minimum absolute atomic E-state index is 0.137. The van der Waals surface area contributed by atoms with Crippen LogP contribution in [0.15, 0.2) is 42.7 Å². The summed E-state index contributed by atoms with van der Waals surface area (Å²) in [7, 11) is 3.54. The average Bonchev–Trinajstić information content (AvgIpc) is 2.93. The standard InChI is InChI=1S/C15H20N4O/c1-18(2)15(20)8-9-16-10-13-11-17-19(12-13)14-6-4-3-5-7-14/h3-7,11-12,16H,8-10H2,1-2H3. The molecule has 0 radical (unpaired) electrons. The van der Waals surface area contributed by atoms with Gasteiger partial charge in [-0.2, -0.15) is 5.10 Å². The van der Waals surface area contributed by atoms with Crippen LogP contribution in [-0.2, 0) is 11.3 Å². The van der Waals surface area contributed by atoms with Gasteiger partial charge in [-0.25, -0.2) is 4.68 Å². The smallest absolute Gasteiger partial charge is 0.223 e. The molecule has 0 spiro atoms. The Balaban J connectivity index is 1.81. The van der Waals surface area contributed by atoms with Gasteiger partial charge < -0.3 is 10.2 Å². The Hall–Kier alpha value is -2.14. The average molecular weight is 272 g/mol. The zero-order valence-electron chi connectivity index (χ0n) is 11.9. The van der Waals surface area contributed by atoms with Crippen molar-refractivity contribution in [3.63, 3.8) is 0 Å². The largest absolute Gasteiger partial charge is 0.349 e. The first-order valence-electron chi connectivity index (χ1n) is 6.66. The van der Waals surface area contributed by atoms with Gasteiger partial charge in [0.25, 0.3) is 0 Å². The van der Waals surface area contributed by atoms with Crippen LogP contribution in [0.5, 0.6) is 0 Å². The van der Waals surface area contributed by atoms with E-state index in [4.69, 9.17) is 0 Å². The molecule has 1 aromatic heterocycles. The molecule has 5 nitrogen and oxygen atoms in total. The highest BCUT2D eigenvalue weighted by Gasteiger charge is 2.03. The molecule has 1 N–H and O–H groups in total. The minimum Gasteiger partial charge on any atom is -0.349 e. The van der Waals surface area contributed by atoms with Crippen LogP contribution in [0.25, 0.3) is 5.69 Å². The quantitative estimate of drug-likeness (QED) is 0.810. The van der Waals surface area contributed by atoms with Crippen molar-refractivity contribution in [3.05, 3.63) is 48.3 Å². The zero-order chi connectivity index (χ0) is 14.4. The molecular formula is C15H20N4O. The lowest BCUT2D eigenvalue weighted by molar-refractivity contribution is -0.128. The number of amides is 1. The molecule has 1 heterocycles. The number of carbonyl (C=O) groups is 1. The number of hydrogen-bond acceptors (Lipinski definition) is 3. The third-order valence-corrected chi connectivity index (χ3v) is 3.00. The fourth-order valence-corrected chi connectivity index (χ4v) is 1.82. The first-order chi connectivity index (χ1) is 9.66. The number of nitrogens with one attached hydrogen (secondary N) is 1. The van der Waals surface area contributed by atoms with E-state index >= 15 is 0 Å². The minimum atomic E-state index is 0.137. The molecule has 0 bridgehead atoms. The summed E-state index contributed by atoms with van der Waals surface area (Å²) in [6.07, 6.45) is 4.35. The number of rotatable bonds is 6. The van der Waals surface area contributed by atoms with Crippen molar-refractivity contribution in [2.24, 2.45) is 0 Å². The van der Waals surface area contributed by atoms with Crippen molar-refractivity contribution >= 4 is 5.91 Å². The second-order valence-electron chi connectivity index (χ2n) is 4.84. The van der Waals surface area contributed by atoms with Crippen molar-refractivity contribution < 1.29 is 4.79 Å². The van der Waals surface area contributed by atoms with E-state index in [9.17, 15) is 4.79 Å². The molecule has 0 aliphatic heterocycles. The van der Waals surface area contributed by atoms with E-state index in [0.717, 1.165) is 11.3 Å². The van der Waals surface area contributed by atoms with Crippen molar-refractivity contribution in [3.8, 4) is 5.69 Å². The van der Waals surface area contributed by atoms with Crippen LogP contribution in [0, 0.1) is 0 Å². The molecule has 0 unspecified atom stereocenters. The van der Waals surface area contributed by atoms with Crippen LogP contribution in [0.3, 0.4) is 0 Å². The maximum absolute atomic E-state index is 11.4. The van der Waals surface area contributed by atoms with Gasteiger partial charge in [0.2, 0.25) is 5.91 Å². The number of aromatic nitrogens is 2. The Morgan fingerprint density at radius 3 is 2.75 bits per heavy atom. The van der Waals surface area contributed by atoms with Gasteiger partial charge >= 0.3 is 0 Å². The van der Waals surface area contributed by atoms with Gasteiger partial charge in [-0.05, 0) is 12.1 Å². The maximum atomic E-state index is 11.4. The van der Waals surface area contributed by atoms with Crippen LogP contribution in [0.4, 0.5) is 0 Å². The van der Waals surface area contributed by atoms with Gasteiger partial charge in [0, 0.05) is 45.4 Å². The van der Waals surface area contributed by atoms with E-state index in [1.807, 2.05) is 47.4 Å². The normalized spacial score (nSPS) is 10.5. The Kier molecular flexibility index (Phi) is 4.90. The van der Waals surface area contributed by atoms with E-state index in [1.54, 1.807) is 19.0 Å². The molecule has 0 saturated carbocycles. The highest BCUT2D eigenvalue weighted by atomic mass is 16.2. The number of para-hydroxylation sites is 1. The van der Waals surface area contributed by atoms with E-state index in [-0.39, 0.29) is 5.91 Å². The summed E-state index contributed by atoms with van der Waals surface area (Å²) in [4.78, 5) is 13.0. The molecule has 1 amide bonds. The van der Waals surface area contributed by atoms with Crippen molar-refractivity contribution in [1.82, 2.24) is 20.0 Å². The number of nitrogens with zero attached hydrogens (tertiary/aromatic N) is 3. The van der Waals surface area contributed by atoms with Gasteiger partial charge in [0.1, 0.15) is 0 Å². The fraction of sp³-hybridized carbons (Fsp3) is 0.333. The van der Waals surface area contributed by atoms with Crippen molar-refractivity contribution in [2.75, 3.05) is 20.6 Å². The summed E-state index contributed by atoms with van der Waals surface area (Å²) in [5.74, 6) is 0.137. The Bertz CT molecular complexity index is 548. The van der Waals surface area contributed by atoms with Crippen LogP contribution in [0.2, 0.25) is 0 Å². The highest BCUT2D eigenvalue weighted by molar-refractivity contribution is 5.75. The molecule has 5 heteroatoms. The molecule has 2 aromatic rings. The van der Waals surface area contributed by atoms with Crippen molar-refractivity contribution in [2.45, 2.75) is 13.0 Å². The summed E-state index contributed by atoms with van der Waals surface area (Å²) in [6, 6.07) is 9.99. The van der Waals surface area contributed by atoms with Gasteiger partial charge in [-0.3, -0.25) is 4.79 Å². The lowest BCUT2D eigenvalue weighted by Gasteiger charge is -2.09. The van der Waals surface area contributed by atoms with Gasteiger partial charge in [-0.1, -0.05) is 18.2 Å². The SMILES string of the molecule is CN(C)C(=O)CCNCc1cnn(-c2ccccc2)c1. The maximum Gasteiger partial charge on any atom is 0.223 e. The second kappa shape index (κ2) is 6.86. The summed E-state index contributed by atoms with van der Waals surface area (Å²) in [5, 5.41) is 7.58. The first kappa shape index (κ1) is 14.3. The van der Waals surface area contributed by atoms with Gasteiger partial charge in [0.15, 0.2) is 0 Å². The van der Waals surface area contributed by atoms with Crippen LogP contribution < -0.4 is 5.32 Å². The highest BCUT2D eigenvalue weighted by Crippen LogP contribution is 2.07.